The van der Waals surface area contributed by atoms with Crippen molar-refractivity contribution in [3.05, 3.63) is 51.0 Å². The van der Waals surface area contributed by atoms with Crippen molar-refractivity contribution in [2.75, 3.05) is 0 Å². The summed E-state index contributed by atoms with van der Waals surface area (Å²) in [5, 5.41) is 9.04. The number of aromatic nitrogens is 2. The monoisotopic (exact) mass is 280 g/mol. The smallest absolute Gasteiger partial charge is 0.337 e. The van der Waals surface area contributed by atoms with Crippen molar-refractivity contribution in [2.45, 2.75) is 6.92 Å². The summed E-state index contributed by atoms with van der Waals surface area (Å²) in [5.74, 6) is -0.445. The van der Waals surface area contributed by atoms with E-state index in [1.165, 1.54) is 24.3 Å². The lowest BCUT2D eigenvalue weighted by atomic mass is 10.2. The van der Waals surface area contributed by atoms with Crippen LogP contribution in [0.1, 0.15) is 16.2 Å². The lowest BCUT2D eigenvalue weighted by molar-refractivity contribution is 0.0696. The minimum absolute atomic E-state index is 0.0827. The van der Waals surface area contributed by atoms with Gasteiger partial charge in [-0.2, -0.15) is 0 Å². The summed E-state index contributed by atoms with van der Waals surface area (Å²) < 4.78 is 5.33. The zero-order valence-corrected chi connectivity index (χ0v) is 10.6. The summed E-state index contributed by atoms with van der Waals surface area (Å²) in [4.78, 5) is 28.6. The second-order valence-electron chi connectivity index (χ2n) is 3.72. The van der Waals surface area contributed by atoms with Gasteiger partial charge >= 0.3 is 5.97 Å². The highest BCUT2D eigenvalue weighted by molar-refractivity contribution is 6.33. The number of nitrogens with one attached hydrogen (secondary N) is 1. The van der Waals surface area contributed by atoms with Crippen molar-refractivity contribution in [3.63, 3.8) is 0 Å². The molecule has 0 aliphatic heterocycles. The molecule has 0 bridgehead atoms. The highest BCUT2D eigenvalue weighted by Crippen LogP contribution is 2.25. The fraction of sp³-hybridized carbons (Fsp3) is 0.0833. The van der Waals surface area contributed by atoms with E-state index in [1.54, 1.807) is 6.92 Å². The maximum atomic E-state index is 11.2. The lowest BCUT2D eigenvalue weighted by Crippen LogP contribution is -2.08. The van der Waals surface area contributed by atoms with Gasteiger partial charge in [0.2, 0.25) is 5.88 Å². The number of nitrogens with zero attached hydrogens (tertiary/aromatic N) is 1. The van der Waals surface area contributed by atoms with Gasteiger partial charge in [-0.05, 0) is 25.1 Å². The maximum absolute atomic E-state index is 11.2. The Morgan fingerprint density at radius 3 is 2.79 bits per heavy atom. The fourth-order valence-electron chi connectivity index (χ4n) is 1.46. The minimum atomic E-state index is -1.16. The molecule has 2 N–H and O–H groups in total. The fourth-order valence-corrected chi connectivity index (χ4v) is 1.66. The molecule has 0 spiro atoms. The molecule has 0 aliphatic rings. The van der Waals surface area contributed by atoms with E-state index in [2.05, 4.69) is 9.97 Å². The number of carboxylic acid groups (broad SMARTS) is 1. The third-order valence-corrected chi connectivity index (χ3v) is 2.56. The molecule has 0 unspecified atom stereocenters. The van der Waals surface area contributed by atoms with Gasteiger partial charge in [0.05, 0.1) is 16.7 Å². The van der Waals surface area contributed by atoms with Gasteiger partial charge in [-0.25, -0.2) is 9.78 Å². The molecule has 7 heteroatoms. The van der Waals surface area contributed by atoms with Crippen molar-refractivity contribution in [1.82, 2.24) is 9.97 Å². The SMILES string of the molecule is Cc1nc(Oc2ccc(Cl)c(C(=O)O)c2)cc(=O)[nH]1. The number of halogens is 1. The van der Waals surface area contributed by atoms with E-state index < -0.39 is 5.97 Å². The zero-order valence-electron chi connectivity index (χ0n) is 9.81. The van der Waals surface area contributed by atoms with Crippen LogP contribution in [0.2, 0.25) is 5.02 Å². The number of carbonyl (C=O) groups is 1. The van der Waals surface area contributed by atoms with Crippen LogP contribution in [0.4, 0.5) is 0 Å². The average Bonchev–Trinajstić information content (AvgIpc) is 2.30. The third-order valence-electron chi connectivity index (χ3n) is 2.23. The standard InChI is InChI=1S/C12H9ClN2O4/c1-6-14-10(16)5-11(15-6)19-7-2-3-9(13)8(4-7)12(17)18/h2-5H,1H3,(H,17,18)(H,14,15,16). The molecule has 0 atom stereocenters. The van der Waals surface area contributed by atoms with E-state index in [1.807, 2.05) is 0 Å². The molecule has 0 aliphatic carbocycles. The minimum Gasteiger partial charge on any atom is -0.478 e. The number of hydrogen-bond acceptors (Lipinski definition) is 4. The van der Waals surface area contributed by atoms with Gasteiger partial charge in [-0.1, -0.05) is 11.6 Å². The Balaban J connectivity index is 2.36. The molecule has 0 saturated heterocycles. The van der Waals surface area contributed by atoms with E-state index in [-0.39, 0.29) is 27.8 Å². The average molecular weight is 281 g/mol. The van der Waals surface area contributed by atoms with Gasteiger partial charge in [-0.3, -0.25) is 4.79 Å². The molecule has 1 heterocycles. The quantitative estimate of drug-likeness (QED) is 0.899. The molecule has 0 radical (unpaired) electrons. The van der Waals surface area contributed by atoms with E-state index in [9.17, 15) is 9.59 Å². The molecule has 0 saturated carbocycles. The molecule has 2 aromatic rings. The molecule has 1 aromatic carbocycles. The van der Waals surface area contributed by atoms with Crippen LogP contribution in [-0.2, 0) is 0 Å². The maximum Gasteiger partial charge on any atom is 0.337 e. The van der Waals surface area contributed by atoms with E-state index in [4.69, 9.17) is 21.4 Å². The van der Waals surface area contributed by atoms with Crippen LogP contribution < -0.4 is 10.3 Å². The summed E-state index contributed by atoms with van der Waals surface area (Å²) in [7, 11) is 0. The Kier molecular flexibility index (Phi) is 3.52. The Morgan fingerprint density at radius 2 is 2.16 bits per heavy atom. The van der Waals surface area contributed by atoms with Crippen molar-refractivity contribution in [1.29, 1.82) is 0 Å². The van der Waals surface area contributed by atoms with Crippen LogP contribution in [-0.4, -0.2) is 21.0 Å². The molecule has 0 fully saturated rings. The second-order valence-corrected chi connectivity index (χ2v) is 4.13. The third kappa shape index (κ3) is 3.11. The predicted molar refractivity (Wildman–Crippen MR) is 68.1 cm³/mol. The Bertz CT molecular complexity index is 696. The Labute approximate surface area is 112 Å². The lowest BCUT2D eigenvalue weighted by Gasteiger charge is -2.06. The topological polar surface area (TPSA) is 92.3 Å². The largest absolute Gasteiger partial charge is 0.478 e. The molecule has 6 nitrogen and oxygen atoms in total. The summed E-state index contributed by atoms with van der Waals surface area (Å²) in [6, 6.07) is 5.33. The van der Waals surface area contributed by atoms with Gasteiger partial charge in [0.15, 0.2) is 0 Å². The number of aromatic carboxylic acids is 1. The molecule has 1 aromatic heterocycles. The van der Waals surface area contributed by atoms with E-state index >= 15 is 0 Å². The Morgan fingerprint density at radius 1 is 1.42 bits per heavy atom. The van der Waals surface area contributed by atoms with Gasteiger partial charge in [0, 0.05) is 0 Å². The molecular weight excluding hydrogens is 272 g/mol. The van der Waals surface area contributed by atoms with Crippen LogP contribution in [0.5, 0.6) is 11.6 Å². The normalized spacial score (nSPS) is 10.2. The second kappa shape index (κ2) is 5.11. The molecular formula is C12H9ClN2O4. The van der Waals surface area contributed by atoms with Crippen LogP contribution in [0.3, 0.4) is 0 Å². The number of ether oxygens (including phenoxy) is 1. The van der Waals surface area contributed by atoms with Gasteiger partial charge in [0.25, 0.3) is 5.56 Å². The first kappa shape index (κ1) is 13.1. The summed E-state index contributed by atoms with van der Waals surface area (Å²) in [5.41, 5.74) is -0.435. The predicted octanol–water partition coefficient (Wildman–Crippen LogP) is 2.22. The summed E-state index contributed by atoms with van der Waals surface area (Å²) >= 11 is 5.74. The molecule has 2 rings (SSSR count). The first-order chi connectivity index (χ1) is 8.95. The van der Waals surface area contributed by atoms with Crippen LogP contribution in [0, 0.1) is 6.92 Å². The van der Waals surface area contributed by atoms with Gasteiger partial charge < -0.3 is 14.8 Å². The molecule has 19 heavy (non-hydrogen) atoms. The van der Waals surface area contributed by atoms with Gasteiger partial charge in [0.1, 0.15) is 11.6 Å². The summed E-state index contributed by atoms with van der Waals surface area (Å²) in [6.07, 6.45) is 0. The number of aromatic amines is 1. The van der Waals surface area contributed by atoms with Crippen LogP contribution in [0.15, 0.2) is 29.1 Å². The van der Waals surface area contributed by atoms with Crippen molar-refractivity contribution >= 4 is 17.6 Å². The number of aryl methyl sites for hydroxylation is 1. The van der Waals surface area contributed by atoms with E-state index in [0.717, 1.165) is 0 Å². The first-order valence-corrected chi connectivity index (χ1v) is 5.62. The number of carboxylic acids is 1. The molecule has 98 valence electrons. The molecule has 0 amide bonds. The van der Waals surface area contributed by atoms with E-state index in [0.29, 0.717) is 5.82 Å². The number of hydrogen-bond donors (Lipinski definition) is 2. The Hall–Kier alpha value is -2.34. The zero-order chi connectivity index (χ0) is 14.0. The van der Waals surface area contributed by atoms with Crippen molar-refractivity contribution in [3.8, 4) is 11.6 Å². The number of H-pyrrole nitrogens is 1. The van der Waals surface area contributed by atoms with Crippen LogP contribution in [0.25, 0.3) is 0 Å². The highest BCUT2D eigenvalue weighted by atomic mass is 35.5. The van der Waals surface area contributed by atoms with Gasteiger partial charge in [-0.15, -0.1) is 0 Å². The first-order valence-electron chi connectivity index (χ1n) is 5.24. The van der Waals surface area contributed by atoms with Crippen molar-refractivity contribution < 1.29 is 14.6 Å². The van der Waals surface area contributed by atoms with Crippen molar-refractivity contribution in [2.24, 2.45) is 0 Å². The highest BCUT2D eigenvalue weighted by Gasteiger charge is 2.11. The van der Waals surface area contributed by atoms with Crippen LogP contribution >= 0.6 is 11.6 Å². The summed E-state index contributed by atoms with van der Waals surface area (Å²) in [6.45, 7) is 1.61. The number of benzene rings is 1. The number of rotatable bonds is 3.